The van der Waals surface area contributed by atoms with Gasteiger partial charge in [0, 0.05) is 11.1 Å². The maximum Gasteiger partial charge on any atom is 0.238 e. The fourth-order valence-electron chi connectivity index (χ4n) is 2.56. The molecule has 1 N–H and O–H groups in total. The average Bonchev–Trinajstić information content (AvgIpc) is 2.86. The van der Waals surface area contributed by atoms with Crippen molar-refractivity contribution in [3.8, 4) is 11.8 Å². The van der Waals surface area contributed by atoms with Gasteiger partial charge in [-0.25, -0.2) is 0 Å². The lowest BCUT2D eigenvalue weighted by Crippen LogP contribution is -2.47. The largest absolute Gasteiger partial charge is 0.350 e. The minimum Gasteiger partial charge on any atom is -0.350 e. The zero-order valence-electron chi connectivity index (χ0n) is 12.6. The molecule has 0 atom stereocenters. The minimum absolute atomic E-state index is 0.0888. The topological polar surface area (TPSA) is 29.1 Å². The molecule has 0 heterocycles. The van der Waals surface area contributed by atoms with Gasteiger partial charge in [0.25, 0.3) is 0 Å². The van der Waals surface area contributed by atoms with Gasteiger partial charge in [0.2, 0.25) is 5.91 Å². The van der Waals surface area contributed by atoms with Crippen LogP contribution < -0.4 is 5.32 Å². The van der Waals surface area contributed by atoms with Gasteiger partial charge in [-0.15, -0.1) is 0 Å². The predicted molar refractivity (Wildman–Crippen MR) is 82.1 cm³/mol. The van der Waals surface area contributed by atoms with E-state index < -0.39 is 5.41 Å². The van der Waals surface area contributed by atoms with Crippen molar-refractivity contribution >= 4 is 5.91 Å². The highest BCUT2D eigenvalue weighted by Crippen LogP contribution is 2.38. The second-order valence-electron chi connectivity index (χ2n) is 6.61. The second kappa shape index (κ2) is 5.71. The summed E-state index contributed by atoms with van der Waals surface area (Å²) in [5.41, 5.74) is 0.270. The van der Waals surface area contributed by atoms with E-state index in [1.54, 1.807) is 0 Å². The Kier molecular flexibility index (Phi) is 4.18. The van der Waals surface area contributed by atoms with E-state index in [0.717, 1.165) is 31.2 Å². The van der Waals surface area contributed by atoms with Crippen molar-refractivity contribution < 1.29 is 4.79 Å². The maximum absolute atomic E-state index is 12.6. The van der Waals surface area contributed by atoms with Gasteiger partial charge in [-0.3, -0.25) is 4.79 Å². The molecule has 0 unspecified atom stereocenters. The fraction of sp³-hybridized carbons (Fsp3) is 0.500. The van der Waals surface area contributed by atoms with Crippen LogP contribution >= 0.6 is 0 Å². The van der Waals surface area contributed by atoms with Crippen molar-refractivity contribution in [2.24, 2.45) is 5.41 Å². The molecule has 0 radical (unpaired) electrons. The summed E-state index contributed by atoms with van der Waals surface area (Å²) < 4.78 is 0. The SMILES string of the molecule is CC(C)(C)NC(=O)C1(C#Cc2ccccc2)CCCC1. The Morgan fingerprint density at radius 3 is 2.30 bits per heavy atom. The molecule has 106 valence electrons. The number of carbonyl (C=O) groups excluding carboxylic acids is 1. The summed E-state index contributed by atoms with van der Waals surface area (Å²) in [4.78, 5) is 12.6. The van der Waals surface area contributed by atoms with E-state index in [1.807, 2.05) is 51.1 Å². The summed E-state index contributed by atoms with van der Waals surface area (Å²) in [7, 11) is 0. The highest BCUT2D eigenvalue weighted by atomic mass is 16.2. The van der Waals surface area contributed by atoms with Crippen LogP contribution in [0, 0.1) is 17.3 Å². The molecule has 1 aliphatic rings. The Hall–Kier alpha value is -1.75. The molecule has 0 aliphatic heterocycles. The lowest BCUT2D eigenvalue weighted by Gasteiger charge is -2.28. The zero-order valence-corrected chi connectivity index (χ0v) is 12.6. The molecular formula is C18H23NO. The Bertz CT molecular complexity index is 522. The van der Waals surface area contributed by atoms with Crippen molar-refractivity contribution in [2.75, 3.05) is 0 Å². The van der Waals surface area contributed by atoms with Crippen molar-refractivity contribution in [1.29, 1.82) is 0 Å². The van der Waals surface area contributed by atoms with Gasteiger partial charge in [0.1, 0.15) is 5.41 Å². The third-order valence-corrected chi connectivity index (χ3v) is 3.60. The molecule has 1 aromatic carbocycles. The molecule has 0 aromatic heterocycles. The lowest BCUT2D eigenvalue weighted by atomic mass is 9.84. The van der Waals surface area contributed by atoms with Gasteiger partial charge in [0.05, 0.1) is 0 Å². The van der Waals surface area contributed by atoms with E-state index in [1.165, 1.54) is 0 Å². The first-order valence-corrected chi connectivity index (χ1v) is 7.32. The number of hydrogen-bond donors (Lipinski definition) is 1. The molecule has 2 nitrogen and oxygen atoms in total. The molecular weight excluding hydrogens is 246 g/mol. The van der Waals surface area contributed by atoms with Gasteiger partial charge < -0.3 is 5.32 Å². The van der Waals surface area contributed by atoms with E-state index in [9.17, 15) is 4.79 Å². The number of nitrogens with one attached hydrogen (secondary N) is 1. The van der Waals surface area contributed by atoms with Crippen LogP contribution in [0.15, 0.2) is 30.3 Å². The second-order valence-corrected chi connectivity index (χ2v) is 6.61. The third-order valence-electron chi connectivity index (χ3n) is 3.60. The molecule has 1 saturated carbocycles. The Labute approximate surface area is 122 Å². The van der Waals surface area contributed by atoms with Gasteiger partial charge in [-0.2, -0.15) is 0 Å². The summed E-state index contributed by atoms with van der Waals surface area (Å²) >= 11 is 0. The Morgan fingerprint density at radius 2 is 1.75 bits per heavy atom. The van der Waals surface area contributed by atoms with E-state index in [-0.39, 0.29) is 11.4 Å². The monoisotopic (exact) mass is 269 g/mol. The van der Waals surface area contributed by atoms with E-state index >= 15 is 0 Å². The quantitative estimate of drug-likeness (QED) is 0.777. The number of rotatable bonds is 1. The smallest absolute Gasteiger partial charge is 0.238 e. The highest BCUT2D eigenvalue weighted by Gasteiger charge is 2.40. The minimum atomic E-state index is -0.497. The normalized spacial score (nSPS) is 17.1. The first-order valence-electron chi connectivity index (χ1n) is 7.32. The molecule has 1 aliphatic carbocycles. The van der Waals surface area contributed by atoms with Crippen LogP contribution in [0.25, 0.3) is 0 Å². The van der Waals surface area contributed by atoms with Crippen LogP contribution in [0.3, 0.4) is 0 Å². The predicted octanol–water partition coefficient (Wildman–Crippen LogP) is 3.51. The lowest BCUT2D eigenvalue weighted by molar-refractivity contribution is -0.129. The van der Waals surface area contributed by atoms with Crippen molar-refractivity contribution in [2.45, 2.75) is 52.0 Å². The van der Waals surface area contributed by atoms with Gasteiger partial charge >= 0.3 is 0 Å². The van der Waals surface area contributed by atoms with E-state index in [4.69, 9.17) is 0 Å². The standard InChI is InChI=1S/C18H23NO/c1-17(2,3)19-16(20)18(12-7-8-13-18)14-11-15-9-5-4-6-10-15/h4-6,9-10H,7-8,12-13H2,1-3H3,(H,19,20). The van der Waals surface area contributed by atoms with Crippen molar-refractivity contribution in [3.63, 3.8) is 0 Å². The summed E-state index contributed by atoms with van der Waals surface area (Å²) in [6.07, 6.45) is 3.91. The Balaban J connectivity index is 2.23. The van der Waals surface area contributed by atoms with Crippen molar-refractivity contribution in [1.82, 2.24) is 5.32 Å². The molecule has 2 rings (SSSR count). The fourth-order valence-corrected chi connectivity index (χ4v) is 2.56. The van der Waals surface area contributed by atoms with Gasteiger partial charge in [0.15, 0.2) is 0 Å². The third kappa shape index (κ3) is 3.63. The summed E-state index contributed by atoms with van der Waals surface area (Å²) in [5, 5.41) is 3.10. The van der Waals surface area contributed by atoms with Crippen LogP contribution in [0.5, 0.6) is 0 Å². The molecule has 1 fully saturated rings. The van der Waals surface area contributed by atoms with E-state index in [0.29, 0.717) is 0 Å². The molecule has 20 heavy (non-hydrogen) atoms. The maximum atomic E-state index is 12.6. The zero-order chi connectivity index (χ0) is 14.6. The number of amides is 1. The van der Waals surface area contributed by atoms with Crippen LogP contribution in [0.1, 0.15) is 52.0 Å². The van der Waals surface area contributed by atoms with Crippen LogP contribution in [-0.2, 0) is 4.79 Å². The van der Waals surface area contributed by atoms with E-state index in [2.05, 4.69) is 17.2 Å². The van der Waals surface area contributed by atoms with Gasteiger partial charge in [-0.05, 0) is 45.7 Å². The molecule has 0 saturated heterocycles. The summed E-state index contributed by atoms with van der Waals surface area (Å²) in [6, 6.07) is 9.89. The summed E-state index contributed by atoms with van der Waals surface area (Å²) in [6.45, 7) is 6.04. The molecule has 0 spiro atoms. The van der Waals surface area contributed by atoms with Crippen LogP contribution in [-0.4, -0.2) is 11.4 Å². The van der Waals surface area contributed by atoms with Crippen LogP contribution in [0.4, 0.5) is 0 Å². The molecule has 1 aromatic rings. The molecule has 2 heteroatoms. The highest BCUT2D eigenvalue weighted by molar-refractivity contribution is 5.87. The number of hydrogen-bond acceptors (Lipinski definition) is 1. The van der Waals surface area contributed by atoms with Crippen LogP contribution in [0.2, 0.25) is 0 Å². The first-order chi connectivity index (χ1) is 9.41. The number of benzene rings is 1. The Morgan fingerprint density at radius 1 is 1.15 bits per heavy atom. The number of carbonyl (C=O) groups is 1. The molecule has 1 amide bonds. The summed E-state index contributed by atoms with van der Waals surface area (Å²) in [5.74, 6) is 6.54. The average molecular weight is 269 g/mol. The first kappa shape index (κ1) is 14.7. The molecule has 0 bridgehead atoms. The van der Waals surface area contributed by atoms with Gasteiger partial charge in [-0.1, -0.05) is 42.9 Å². The van der Waals surface area contributed by atoms with Crippen molar-refractivity contribution in [3.05, 3.63) is 35.9 Å².